The van der Waals surface area contributed by atoms with Gasteiger partial charge < -0.3 is 10.2 Å². The van der Waals surface area contributed by atoms with Crippen LogP contribution in [0.2, 0.25) is 0 Å². The number of halogens is 3. The molecule has 1 aromatic rings. The van der Waals surface area contributed by atoms with Crippen molar-refractivity contribution in [1.29, 1.82) is 0 Å². The minimum absolute atomic E-state index is 0.0578. The summed E-state index contributed by atoms with van der Waals surface area (Å²) in [7, 11) is 0. The predicted molar refractivity (Wildman–Crippen MR) is 88.4 cm³/mol. The maximum Gasteiger partial charge on any atom is 0.416 e. The number of nitrogens with zero attached hydrogens (tertiary/aromatic N) is 1. The van der Waals surface area contributed by atoms with Crippen molar-refractivity contribution in [2.45, 2.75) is 46.5 Å². The number of carbonyl (C=O) groups excluding carboxylic acids is 1. The molecular formula is C18H23F3N2O. The van der Waals surface area contributed by atoms with Crippen LogP contribution in [0.15, 0.2) is 35.4 Å². The second-order valence-corrected chi connectivity index (χ2v) is 6.61. The minimum atomic E-state index is -4.39. The molecule has 1 unspecified atom stereocenters. The zero-order valence-electron chi connectivity index (χ0n) is 14.4. The average Bonchev–Trinajstić information content (AvgIpc) is 2.69. The van der Waals surface area contributed by atoms with Crippen LogP contribution in [0.1, 0.15) is 39.7 Å². The molecule has 1 amide bonds. The van der Waals surface area contributed by atoms with Gasteiger partial charge in [-0.25, -0.2) is 0 Å². The number of rotatable bonds is 5. The van der Waals surface area contributed by atoms with E-state index >= 15 is 0 Å². The van der Waals surface area contributed by atoms with E-state index in [0.29, 0.717) is 23.7 Å². The van der Waals surface area contributed by atoms with Crippen LogP contribution in [0.4, 0.5) is 18.9 Å². The monoisotopic (exact) mass is 340 g/mol. The van der Waals surface area contributed by atoms with E-state index < -0.39 is 17.9 Å². The lowest BCUT2D eigenvalue weighted by molar-refractivity contribution is -0.137. The van der Waals surface area contributed by atoms with Gasteiger partial charge >= 0.3 is 6.18 Å². The lowest BCUT2D eigenvalue weighted by atomic mass is 10.1. The number of benzene rings is 1. The second-order valence-electron chi connectivity index (χ2n) is 6.61. The molecule has 0 aliphatic carbocycles. The van der Waals surface area contributed by atoms with Gasteiger partial charge in [-0.1, -0.05) is 19.9 Å². The van der Waals surface area contributed by atoms with E-state index in [0.717, 1.165) is 24.1 Å². The maximum absolute atomic E-state index is 12.9. The van der Waals surface area contributed by atoms with Crippen LogP contribution in [-0.4, -0.2) is 23.5 Å². The van der Waals surface area contributed by atoms with E-state index in [1.54, 1.807) is 17.9 Å². The van der Waals surface area contributed by atoms with Gasteiger partial charge in [0.25, 0.3) is 5.91 Å². The summed E-state index contributed by atoms with van der Waals surface area (Å²) in [6.45, 7) is 8.31. The third-order valence-corrected chi connectivity index (χ3v) is 4.34. The minimum Gasteiger partial charge on any atom is -0.362 e. The number of nitrogens with one attached hydrogen (secondary N) is 1. The smallest absolute Gasteiger partial charge is 0.362 e. The van der Waals surface area contributed by atoms with Crippen LogP contribution in [0.5, 0.6) is 0 Å². The second kappa shape index (κ2) is 6.87. The fourth-order valence-electron chi connectivity index (χ4n) is 2.70. The topological polar surface area (TPSA) is 32.3 Å². The first kappa shape index (κ1) is 18.4. The molecule has 1 atom stereocenters. The van der Waals surface area contributed by atoms with Gasteiger partial charge in [0.2, 0.25) is 0 Å². The third kappa shape index (κ3) is 3.91. The molecule has 24 heavy (non-hydrogen) atoms. The molecular weight excluding hydrogens is 317 g/mol. The number of hydrogen-bond acceptors (Lipinski definition) is 2. The summed E-state index contributed by atoms with van der Waals surface area (Å²) >= 11 is 0. The Labute approximate surface area is 140 Å². The van der Waals surface area contributed by atoms with Gasteiger partial charge in [-0.15, -0.1) is 0 Å². The summed E-state index contributed by atoms with van der Waals surface area (Å²) in [5.41, 5.74) is 1.15. The lowest BCUT2D eigenvalue weighted by Crippen LogP contribution is -2.41. The maximum atomic E-state index is 12.9. The zero-order chi connectivity index (χ0) is 18.1. The fourth-order valence-corrected chi connectivity index (χ4v) is 2.70. The fraction of sp³-hybridized carbons (Fsp3) is 0.500. The van der Waals surface area contributed by atoms with E-state index in [1.807, 2.05) is 6.92 Å². The van der Waals surface area contributed by atoms with E-state index in [-0.39, 0.29) is 5.91 Å². The van der Waals surface area contributed by atoms with Gasteiger partial charge in [-0.05, 0) is 50.0 Å². The molecule has 0 radical (unpaired) electrons. The first-order chi connectivity index (χ1) is 11.1. The zero-order valence-corrected chi connectivity index (χ0v) is 14.4. The summed E-state index contributed by atoms with van der Waals surface area (Å²) < 4.78 is 38.6. The Morgan fingerprint density at radius 3 is 2.50 bits per heavy atom. The third-order valence-electron chi connectivity index (χ3n) is 4.34. The van der Waals surface area contributed by atoms with E-state index in [4.69, 9.17) is 0 Å². The first-order valence-electron chi connectivity index (χ1n) is 8.03. The van der Waals surface area contributed by atoms with Crippen LogP contribution in [0, 0.1) is 5.92 Å². The standard InChI is InChI=1S/C18H23F3N2O/c1-11(2)8-9-23-16(12(3)13(4)17(23)24)22-15-7-5-6-14(10-15)18(19,20)21/h5-7,10-11,16,22H,8-9H2,1-4H3. The largest absolute Gasteiger partial charge is 0.416 e. The molecule has 0 fully saturated rings. The summed E-state index contributed by atoms with van der Waals surface area (Å²) in [6.07, 6.45) is -3.95. The highest BCUT2D eigenvalue weighted by atomic mass is 19.4. The average molecular weight is 340 g/mol. The SMILES string of the molecule is CC1=C(C)C(Nc2cccc(C(F)(F)F)c2)N(CCC(C)C)C1=O. The number of anilines is 1. The molecule has 1 N–H and O–H groups in total. The normalized spacial score (nSPS) is 18.8. The molecule has 3 nitrogen and oxygen atoms in total. The molecule has 0 spiro atoms. The quantitative estimate of drug-likeness (QED) is 0.845. The number of amides is 1. The van der Waals surface area contributed by atoms with E-state index in [1.165, 1.54) is 6.07 Å². The molecule has 1 aromatic carbocycles. The highest BCUT2D eigenvalue weighted by Crippen LogP contribution is 2.32. The van der Waals surface area contributed by atoms with Crippen molar-refractivity contribution in [3.63, 3.8) is 0 Å². The van der Waals surface area contributed by atoms with E-state index in [9.17, 15) is 18.0 Å². The predicted octanol–water partition coefficient (Wildman–Crippen LogP) is 4.67. The lowest BCUT2D eigenvalue weighted by Gasteiger charge is -2.29. The molecule has 1 aliphatic heterocycles. The number of alkyl halides is 3. The van der Waals surface area contributed by atoms with Crippen LogP contribution in [-0.2, 0) is 11.0 Å². The Morgan fingerprint density at radius 2 is 1.92 bits per heavy atom. The number of hydrogen-bond donors (Lipinski definition) is 1. The first-order valence-corrected chi connectivity index (χ1v) is 8.03. The van der Waals surface area contributed by atoms with Crippen molar-refractivity contribution in [3.8, 4) is 0 Å². The van der Waals surface area contributed by atoms with Crippen molar-refractivity contribution >= 4 is 11.6 Å². The Kier molecular flexibility index (Phi) is 5.26. The van der Waals surface area contributed by atoms with Crippen LogP contribution in [0.25, 0.3) is 0 Å². The van der Waals surface area contributed by atoms with Crippen LogP contribution < -0.4 is 5.32 Å². The Hall–Kier alpha value is -1.98. The molecule has 132 valence electrons. The Bertz CT molecular complexity index is 650. The molecule has 1 heterocycles. The summed E-state index contributed by atoms with van der Waals surface area (Å²) in [5, 5.41) is 3.08. The van der Waals surface area contributed by atoms with Gasteiger partial charge in [0.15, 0.2) is 0 Å². The van der Waals surface area contributed by atoms with Crippen molar-refractivity contribution in [3.05, 3.63) is 41.0 Å². The molecule has 0 saturated carbocycles. The Balaban J connectivity index is 2.23. The van der Waals surface area contributed by atoms with Gasteiger partial charge in [-0.3, -0.25) is 4.79 Å². The van der Waals surface area contributed by atoms with Crippen molar-refractivity contribution in [1.82, 2.24) is 4.90 Å². The van der Waals surface area contributed by atoms with Crippen molar-refractivity contribution < 1.29 is 18.0 Å². The van der Waals surface area contributed by atoms with Gasteiger partial charge in [0.05, 0.1) is 5.56 Å². The summed E-state index contributed by atoms with van der Waals surface area (Å²) in [6, 6.07) is 5.06. The van der Waals surface area contributed by atoms with Crippen LogP contribution >= 0.6 is 0 Å². The molecule has 1 aliphatic rings. The molecule has 0 aromatic heterocycles. The van der Waals surface area contributed by atoms with Gasteiger partial charge in [-0.2, -0.15) is 13.2 Å². The number of carbonyl (C=O) groups is 1. The summed E-state index contributed by atoms with van der Waals surface area (Å²) in [5.74, 6) is 0.380. The summed E-state index contributed by atoms with van der Waals surface area (Å²) in [4.78, 5) is 14.1. The van der Waals surface area contributed by atoms with Gasteiger partial charge in [0, 0.05) is 17.8 Å². The molecule has 6 heteroatoms. The molecule has 0 bridgehead atoms. The van der Waals surface area contributed by atoms with Crippen molar-refractivity contribution in [2.24, 2.45) is 5.92 Å². The van der Waals surface area contributed by atoms with Crippen LogP contribution in [0.3, 0.4) is 0 Å². The van der Waals surface area contributed by atoms with Crippen molar-refractivity contribution in [2.75, 3.05) is 11.9 Å². The Morgan fingerprint density at radius 1 is 1.25 bits per heavy atom. The molecule has 2 rings (SSSR count). The van der Waals surface area contributed by atoms with Gasteiger partial charge in [0.1, 0.15) is 6.17 Å². The highest BCUT2D eigenvalue weighted by molar-refractivity contribution is 5.97. The van der Waals surface area contributed by atoms with E-state index in [2.05, 4.69) is 19.2 Å². The highest BCUT2D eigenvalue weighted by Gasteiger charge is 2.35. The molecule has 0 saturated heterocycles.